The van der Waals surface area contributed by atoms with Crippen molar-refractivity contribution in [1.82, 2.24) is 29.8 Å². The number of nitrogens with one attached hydrogen (secondary N) is 3. The average Bonchev–Trinajstić information content (AvgIpc) is 3.48. The number of H-pyrrole nitrogens is 1. The Morgan fingerprint density at radius 3 is 3.03 bits per heavy atom. The van der Waals surface area contributed by atoms with Gasteiger partial charge in [-0.15, -0.1) is 0 Å². The Hall–Kier alpha value is -3.61. The van der Waals surface area contributed by atoms with Gasteiger partial charge in [0, 0.05) is 30.7 Å². The van der Waals surface area contributed by atoms with Crippen LogP contribution in [0.4, 0.5) is 10.2 Å². The number of benzene rings is 1. The van der Waals surface area contributed by atoms with Gasteiger partial charge >= 0.3 is 0 Å². The van der Waals surface area contributed by atoms with Crippen LogP contribution in [-0.2, 0) is 16.1 Å². The highest BCUT2D eigenvalue weighted by Crippen LogP contribution is 2.31. The van der Waals surface area contributed by atoms with Gasteiger partial charge in [0.2, 0.25) is 0 Å². The summed E-state index contributed by atoms with van der Waals surface area (Å²) in [6.07, 6.45) is 1.54. The van der Waals surface area contributed by atoms with E-state index in [1.807, 2.05) is 0 Å². The van der Waals surface area contributed by atoms with Crippen molar-refractivity contribution >= 4 is 33.8 Å². The number of anilines is 1. The molecule has 1 fully saturated rings. The van der Waals surface area contributed by atoms with E-state index in [0.717, 1.165) is 16.5 Å². The van der Waals surface area contributed by atoms with E-state index in [1.54, 1.807) is 12.3 Å². The molecule has 1 aromatic carbocycles. The molecule has 0 saturated carbocycles. The predicted octanol–water partition coefficient (Wildman–Crippen LogP) is 0.390. The molecular formula is C20H21FN8O3. The summed E-state index contributed by atoms with van der Waals surface area (Å²) in [5, 5.41) is 17.0. The summed E-state index contributed by atoms with van der Waals surface area (Å²) in [6.45, 7) is 0.370. The van der Waals surface area contributed by atoms with Crippen molar-refractivity contribution in [2.24, 2.45) is 5.73 Å². The van der Waals surface area contributed by atoms with E-state index in [4.69, 9.17) is 10.5 Å². The zero-order valence-corrected chi connectivity index (χ0v) is 17.0. The molecule has 1 aliphatic rings. The molecule has 4 unspecified atom stereocenters. The molecule has 6 N–H and O–H groups in total. The summed E-state index contributed by atoms with van der Waals surface area (Å²) in [5.74, 6) is -0.278. The van der Waals surface area contributed by atoms with E-state index >= 15 is 0 Å². The predicted molar refractivity (Wildman–Crippen MR) is 113 cm³/mol. The molecule has 5 rings (SSSR count). The van der Waals surface area contributed by atoms with Crippen LogP contribution in [0, 0.1) is 5.82 Å². The van der Waals surface area contributed by atoms with E-state index in [0.29, 0.717) is 23.5 Å². The fourth-order valence-electron chi connectivity index (χ4n) is 3.94. The number of carbonyl (C=O) groups is 1. The highest BCUT2D eigenvalue weighted by atomic mass is 19.1. The number of aliphatic hydroxyl groups is 1. The number of nitrogens with zero attached hydrogens (tertiary/aromatic N) is 4. The van der Waals surface area contributed by atoms with Crippen molar-refractivity contribution in [2.45, 2.75) is 31.0 Å². The van der Waals surface area contributed by atoms with Crippen LogP contribution in [0.2, 0.25) is 0 Å². The van der Waals surface area contributed by atoms with Crippen LogP contribution in [0.3, 0.4) is 0 Å². The number of amides is 1. The molecule has 0 bridgehead atoms. The van der Waals surface area contributed by atoms with Gasteiger partial charge in [-0.2, -0.15) is 0 Å². The van der Waals surface area contributed by atoms with Crippen molar-refractivity contribution in [1.29, 1.82) is 0 Å². The van der Waals surface area contributed by atoms with Gasteiger partial charge in [0.15, 0.2) is 29.3 Å². The van der Waals surface area contributed by atoms with Crippen molar-refractivity contribution < 1.29 is 19.0 Å². The molecule has 0 radical (unpaired) electrons. The molecule has 1 saturated heterocycles. The number of hydrogen-bond donors (Lipinski definition) is 5. The number of aliphatic hydroxyl groups excluding tert-OH is 1. The Balaban J connectivity index is 1.42. The third-order valence-corrected chi connectivity index (χ3v) is 5.64. The van der Waals surface area contributed by atoms with E-state index in [9.17, 15) is 14.3 Å². The van der Waals surface area contributed by atoms with E-state index in [2.05, 4.69) is 30.6 Å². The third kappa shape index (κ3) is 3.25. The number of carbonyl (C=O) groups excluding carboxylic acids is 1. The van der Waals surface area contributed by atoms with E-state index in [-0.39, 0.29) is 5.82 Å². The molecular weight excluding hydrogens is 419 g/mol. The number of ether oxygens (including phenoxy) is 1. The second-order valence-corrected chi connectivity index (χ2v) is 7.53. The number of aromatic nitrogens is 5. The Kier molecular flexibility index (Phi) is 4.96. The van der Waals surface area contributed by atoms with Gasteiger partial charge in [-0.3, -0.25) is 9.36 Å². The number of aromatic amines is 1. The van der Waals surface area contributed by atoms with Gasteiger partial charge in [0.05, 0.1) is 12.4 Å². The van der Waals surface area contributed by atoms with Crippen LogP contribution >= 0.6 is 0 Å². The van der Waals surface area contributed by atoms with Crippen molar-refractivity contribution in [3.05, 3.63) is 48.4 Å². The van der Waals surface area contributed by atoms with Crippen molar-refractivity contribution in [3.63, 3.8) is 0 Å². The molecule has 0 aliphatic carbocycles. The summed E-state index contributed by atoms with van der Waals surface area (Å²) in [6, 6.07) is 3.65. The number of fused-ring (bicyclic) bond motifs is 2. The molecule has 1 aliphatic heterocycles. The second kappa shape index (κ2) is 7.82. The summed E-state index contributed by atoms with van der Waals surface area (Å²) in [5.41, 5.74) is 8.53. The maximum Gasteiger partial charge on any atom is 0.250 e. The number of hydrogen-bond acceptors (Lipinski definition) is 8. The van der Waals surface area contributed by atoms with Gasteiger partial charge in [-0.05, 0) is 23.8 Å². The first-order chi connectivity index (χ1) is 15.5. The fraction of sp³-hybridized carbons (Fsp3) is 0.300. The van der Waals surface area contributed by atoms with Crippen LogP contribution in [0.25, 0.3) is 22.1 Å². The summed E-state index contributed by atoms with van der Waals surface area (Å²) in [7, 11) is 1.47. The minimum absolute atomic E-state index is 0.315. The molecule has 11 nitrogen and oxygen atoms in total. The molecule has 4 atom stereocenters. The first-order valence-corrected chi connectivity index (χ1v) is 9.95. The number of rotatable bonds is 5. The normalized spacial score (nSPS) is 23.1. The van der Waals surface area contributed by atoms with Gasteiger partial charge in [0.1, 0.15) is 18.2 Å². The highest BCUT2D eigenvalue weighted by Gasteiger charge is 2.46. The number of halogens is 1. The van der Waals surface area contributed by atoms with Crippen molar-refractivity contribution in [2.75, 3.05) is 12.4 Å². The zero-order valence-electron chi connectivity index (χ0n) is 17.0. The SMILES string of the molecule is CNC(=O)C1OC(n2cnc3c(NCc4c[nH]c5ccc(F)cc45)ncnc32)C(O)C1N. The van der Waals surface area contributed by atoms with E-state index in [1.165, 1.54) is 36.4 Å². The average molecular weight is 440 g/mol. The van der Waals surface area contributed by atoms with Crippen LogP contribution < -0.4 is 16.4 Å². The van der Waals surface area contributed by atoms with Gasteiger partial charge < -0.3 is 31.2 Å². The van der Waals surface area contributed by atoms with E-state index < -0.39 is 30.4 Å². The molecule has 4 aromatic rings. The lowest BCUT2D eigenvalue weighted by Crippen LogP contribution is -2.46. The molecule has 166 valence electrons. The maximum absolute atomic E-state index is 13.6. The van der Waals surface area contributed by atoms with Gasteiger partial charge in [-0.25, -0.2) is 19.3 Å². The largest absolute Gasteiger partial charge is 0.387 e. The molecule has 1 amide bonds. The Morgan fingerprint density at radius 2 is 2.22 bits per heavy atom. The monoisotopic (exact) mass is 440 g/mol. The molecule has 3 aromatic heterocycles. The van der Waals surface area contributed by atoms with Crippen LogP contribution in [0.5, 0.6) is 0 Å². The first-order valence-electron chi connectivity index (χ1n) is 9.95. The smallest absolute Gasteiger partial charge is 0.250 e. The summed E-state index contributed by atoms with van der Waals surface area (Å²) < 4.78 is 20.9. The van der Waals surface area contributed by atoms with Crippen molar-refractivity contribution in [3.8, 4) is 0 Å². The lowest BCUT2D eigenvalue weighted by molar-refractivity contribution is -0.134. The maximum atomic E-state index is 13.6. The third-order valence-electron chi connectivity index (χ3n) is 5.64. The minimum Gasteiger partial charge on any atom is -0.387 e. The fourth-order valence-corrected chi connectivity index (χ4v) is 3.94. The Bertz CT molecular complexity index is 1300. The molecule has 4 heterocycles. The van der Waals surface area contributed by atoms with Crippen LogP contribution in [0.1, 0.15) is 11.8 Å². The zero-order chi connectivity index (χ0) is 22.4. The van der Waals surface area contributed by atoms with Gasteiger partial charge in [0.25, 0.3) is 5.91 Å². The lowest BCUT2D eigenvalue weighted by atomic mass is 10.1. The quantitative estimate of drug-likeness (QED) is 0.298. The standard InChI is InChI=1S/C20H21FN8O3/c1-23-19(31)16-13(22)15(30)20(32-16)29-8-28-14-17(26-7-27-18(14)29)25-6-9-5-24-12-3-2-10(21)4-11(9)12/h2-5,7-8,13,15-16,20,24,30H,6,22H2,1H3,(H,23,31)(H,25,26,27). The first kappa shape index (κ1) is 20.3. The molecule has 12 heteroatoms. The van der Waals surface area contributed by atoms with Crippen LogP contribution in [-0.4, -0.2) is 60.8 Å². The van der Waals surface area contributed by atoms with Gasteiger partial charge in [-0.1, -0.05) is 0 Å². The summed E-state index contributed by atoms with van der Waals surface area (Å²) >= 11 is 0. The molecule has 32 heavy (non-hydrogen) atoms. The molecule has 0 spiro atoms. The topological polar surface area (TPSA) is 156 Å². The van der Waals surface area contributed by atoms with Crippen LogP contribution in [0.15, 0.2) is 37.1 Å². The number of likely N-dealkylation sites (N-methyl/N-ethyl adjacent to an activating group) is 1. The second-order valence-electron chi connectivity index (χ2n) is 7.53. The highest BCUT2D eigenvalue weighted by molar-refractivity contribution is 5.85. The number of imidazole rings is 1. The minimum atomic E-state index is -1.14. The Morgan fingerprint density at radius 1 is 1.38 bits per heavy atom. The Labute approximate surface area is 180 Å². The summed E-state index contributed by atoms with van der Waals surface area (Å²) in [4.78, 5) is 28.0. The number of nitrogens with two attached hydrogens (primary N) is 1. The lowest BCUT2D eigenvalue weighted by Gasteiger charge is -2.16.